The number of halogens is 1. The van der Waals surface area contributed by atoms with Crippen molar-refractivity contribution in [2.45, 2.75) is 18.0 Å². The zero-order valence-corrected chi connectivity index (χ0v) is 22.3. The molecule has 8 nitrogen and oxygen atoms in total. The van der Waals surface area contributed by atoms with Gasteiger partial charge in [-0.15, -0.1) is 0 Å². The van der Waals surface area contributed by atoms with Gasteiger partial charge < -0.3 is 14.6 Å². The monoisotopic (exact) mass is 511 g/mol. The van der Waals surface area contributed by atoms with E-state index in [4.69, 9.17) is 16.3 Å². The van der Waals surface area contributed by atoms with Gasteiger partial charge in [-0.25, -0.2) is 13.1 Å². The number of rotatable bonds is 12. The first-order valence-corrected chi connectivity index (χ1v) is 12.0. The second-order valence-corrected chi connectivity index (χ2v) is 9.40. The molecule has 0 aliphatic rings. The molecule has 3 aromatic rings. The Morgan fingerprint density at radius 3 is 2.47 bits per heavy atom. The van der Waals surface area contributed by atoms with Gasteiger partial charge in [-0.3, -0.25) is 9.88 Å². The van der Waals surface area contributed by atoms with E-state index in [2.05, 4.69) is 9.71 Å². The van der Waals surface area contributed by atoms with Crippen LogP contribution >= 0.6 is 11.6 Å². The van der Waals surface area contributed by atoms with Crippen LogP contribution in [0.1, 0.15) is 11.1 Å². The quantitative estimate of drug-likeness (QED) is 0.306. The Morgan fingerprint density at radius 2 is 1.79 bits per heavy atom. The van der Waals surface area contributed by atoms with Crippen LogP contribution in [0.4, 0.5) is 0 Å². The average Bonchev–Trinajstić information content (AvgIpc) is 2.79. The maximum absolute atomic E-state index is 12.6. The Bertz CT molecular complexity index is 1160. The summed E-state index contributed by atoms with van der Waals surface area (Å²) in [6, 6.07) is 16.8. The molecule has 0 aliphatic heterocycles. The molecule has 11 heteroatoms. The minimum Gasteiger partial charge on any atom is -0.546 e. The van der Waals surface area contributed by atoms with E-state index in [1.807, 2.05) is 29.2 Å². The number of benzene rings is 2. The molecule has 34 heavy (non-hydrogen) atoms. The molecule has 0 radical (unpaired) electrons. The largest absolute Gasteiger partial charge is 1.00 e. The third-order valence-corrected chi connectivity index (χ3v) is 6.41. The standard InChI is InChI=1S/C23H24ClN3O5S.Na/c24-20-7-9-21(10-8-20)33(30,31)26-12-13-27(15-18-4-3-11-25-14-18)16-19-5-1-2-6-22(19)32-17-23(28)29;/h1-11,14,26H,12-13,15-17H2,(H,28,29);/q;+1/p-1. The molecule has 1 heterocycles. The number of hydrogen-bond donors (Lipinski definition) is 1. The number of para-hydroxylation sites is 1. The van der Waals surface area contributed by atoms with E-state index in [9.17, 15) is 18.3 Å². The molecule has 0 unspecified atom stereocenters. The summed E-state index contributed by atoms with van der Waals surface area (Å²) in [7, 11) is -3.69. The molecule has 0 spiro atoms. The summed E-state index contributed by atoms with van der Waals surface area (Å²) in [5.74, 6) is -0.881. The summed E-state index contributed by atoms with van der Waals surface area (Å²) in [6.45, 7) is 0.899. The van der Waals surface area contributed by atoms with Crippen LogP contribution in [0.25, 0.3) is 0 Å². The second kappa shape index (κ2) is 13.8. The Labute approximate surface area is 226 Å². The first-order chi connectivity index (χ1) is 15.8. The Balaban J connectivity index is 0.00000408. The molecular weight excluding hydrogens is 489 g/mol. The van der Waals surface area contributed by atoms with Crippen LogP contribution < -0.4 is 44.1 Å². The Morgan fingerprint density at radius 1 is 1.06 bits per heavy atom. The smallest absolute Gasteiger partial charge is 0.546 e. The number of carbonyl (C=O) groups is 1. The fourth-order valence-corrected chi connectivity index (χ4v) is 4.30. The van der Waals surface area contributed by atoms with Gasteiger partial charge in [-0.1, -0.05) is 35.9 Å². The van der Waals surface area contributed by atoms with Crippen molar-refractivity contribution >= 4 is 27.6 Å². The normalized spacial score (nSPS) is 11.1. The summed E-state index contributed by atoms with van der Waals surface area (Å²) in [6.07, 6.45) is 3.42. The Hall–Kier alpha value is -1.98. The van der Waals surface area contributed by atoms with Gasteiger partial charge in [-0.05, 0) is 42.0 Å². The third-order valence-electron chi connectivity index (χ3n) is 4.69. The molecule has 0 fully saturated rings. The van der Waals surface area contributed by atoms with Crippen molar-refractivity contribution in [3.8, 4) is 5.75 Å². The van der Waals surface area contributed by atoms with E-state index in [1.54, 1.807) is 24.5 Å². The molecule has 0 bridgehead atoms. The number of hydrogen-bond acceptors (Lipinski definition) is 7. The minimum absolute atomic E-state index is 0. The molecule has 174 valence electrons. The van der Waals surface area contributed by atoms with E-state index in [-0.39, 0.29) is 41.0 Å². The summed E-state index contributed by atoms with van der Waals surface area (Å²) < 4.78 is 33.1. The average molecular weight is 512 g/mol. The second-order valence-electron chi connectivity index (χ2n) is 7.19. The van der Waals surface area contributed by atoms with Gasteiger partial charge in [-0.2, -0.15) is 0 Å². The third kappa shape index (κ3) is 8.99. The zero-order chi connectivity index (χ0) is 23.7. The van der Waals surface area contributed by atoms with Crippen molar-refractivity contribution in [3.05, 3.63) is 89.2 Å². The summed E-state index contributed by atoms with van der Waals surface area (Å²) >= 11 is 5.84. The van der Waals surface area contributed by atoms with Crippen LogP contribution in [0.2, 0.25) is 5.02 Å². The number of aliphatic carboxylic acids is 1. The van der Waals surface area contributed by atoms with Gasteiger partial charge >= 0.3 is 29.6 Å². The zero-order valence-electron chi connectivity index (χ0n) is 18.7. The number of pyridine rings is 1. The van der Waals surface area contributed by atoms with Crippen LogP contribution in [0.3, 0.4) is 0 Å². The number of carbonyl (C=O) groups excluding carboxylic acids is 1. The number of ether oxygens (including phenoxy) is 1. The number of carboxylic acid groups (broad SMARTS) is 1. The molecule has 2 aromatic carbocycles. The van der Waals surface area contributed by atoms with E-state index in [0.717, 1.165) is 11.1 Å². The Kier molecular flexibility index (Phi) is 11.5. The van der Waals surface area contributed by atoms with Crippen molar-refractivity contribution in [1.29, 1.82) is 0 Å². The number of aromatic nitrogens is 1. The fraction of sp³-hybridized carbons (Fsp3) is 0.217. The molecule has 0 saturated carbocycles. The van der Waals surface area contributed by atoms with Gasteiger partial charge in [0.05, 0.1) is 10.9 Å². The maximum atomic E-state index is 12.6. The van der Waals surface area contributed by atoms with Gasteiger partial charge in [0.25, 0.3) is 0 Å². The predicted molar refractivity (Wildman–Crippen MR) is 122 cm³/mol. The van der Waals surface area contributed by atoms with Crippen LogP contribution in [0.5, 0.6) is 5.75 Å². The summed E-state index contributed by atoms with van der Waals surface area (Å²) in [4.78, 5) is 17.1. The number of sulfonamides is 1. The number of nitrogens with one attached hydrogen (secondary N) is 1. The van der Waals surface area contributed by atoms with Gasteiger partial charge in [0.15, 0.2) is 0 Å². The molecule has 0 atom stereocenters. The fourth-order valence-electron chi connectivity index (χ4n) is 3.15. The van der Waals surface area contributed by atoms with E-state index < -0.39 is 22.6 Å². The molecule has 0 amide bonds. The van der Waals surface area contributed by atoms with Gasteiger partial charge in [0, 0.05) is 49.2 Å². The number of nitrogens with zero attached hydrogens (tertiary/aromatic N) is 2. The van der Waals surface area contributed by atoms with Crippen LogP contribution in [0.15, 0.2) is 78.0 Å². The molecule has 1 aromatic heterocycles. The van der Waals surface area contributed by atoms with E-state index >= 15 is 0 Å². The van der Waals surface area contributed by atoms with Crippen molar-refractivity contribution in [2.75, 3.05) is 19.7 Å². The topological polar surface area (TPSA) is 112 Å². The van der Waals surface area contributed by atoms with Crippen LogP contribution in [0, 0.1) is 0 Å². The van der Waals surface area contributed by atoms with E-state index in [0.29, 0.717) is 30.4 Å². The van der Waals surface area contributed by atoms with Crippen molar-refractivity contribution in [3.63, 3.8) is 0 Å². The van der Waals surface area contributed by atoms with Crippen LogP contribution in [-0.4, -0.2) is 44.0 Å². The molecule has 0 aliphatic carbocycles. The molecular formula is C23H23ClN3NaO5S. The van der Waals surface area contributed by atoms with Crippen molar-refractivity contribution in [1.82, 2.24) is 14.6 Å². The van der Waals surface area contributed by atoms with Crippen LogP contribution in [-0.2, 0) is 27.9 Å². The predicted octanol–water partition coefficient (Wildman–Crippen LogP) is -1.15. The first-order valence-electron chi connectivity index (χ1n) is 10.1. The molecule has 1 N–H and O–H groups in total. The SMILES string of the molecule is O=C([O-])COc1ccccc1CN(CCNS(=O)(=O)c1ccc(Cl)cc1)Cc1cccnc1.[Na+]. The number of carboxylic acids is 1. The van der Waals surface area contributed by atoms with Gasteiger partial charge in [0.2, 0.25) is 10.0 Å². The van der Waals surface area contributed by atoms with Crippen molar-refractivity contribution < 1.29 is 52.6 Å². The molecule has 0 saturated heterocycles. The molecule has 3 rings (SSSR count). The summed E-state index contributed by atoms with van der Waals surface area (Å²) in [5, 5.41) is 11.2. The maximum Gasteiger partial charge on any atom is 1.00 e. The first kappa shape index (κ1) is 28.3. The van der Waals surface area contributed by atoms with E-state index in [1.165, 1.54) is 24.3 Å². The van der Waals surface area contributed by atoms with Gasteiger partial charge in [0.1, 0.15) is 12.4 Å². The summed E-state index contributed by atoms with van der Waals surface area (Å²) in [5.41, 5.74) is 1.72. The minimum atomic E-state index is -3.69. The van der Waals surface area contributed by atoms with Crippen molar-refractivity contribution in [2.24, 2.45) is 0 Å².